The number of rotatable bonds is 1. The zero-order valence-electron chi connectivity index (χ0n) is 10.6. The Kier molecular flexibility index (Phi) is 3.65. The fourth-order valence-electron chi connectivity index (χ4n) is 3.02. The molecule has 0 aliphatic carbocycles. The van der Waals surface area contributed by atoms with Gasteiger partial charge in [-0.25, -0.2) is 0 Å². The van der Waals surface area contributed by atoms with E-state index in [1.807, 2.05) is 0 Å². The van der Waals surface area contributed by atoms with E-state index < -0.39 is 0 Å². The molecule has 0 amide bonds. The van der Waals surface area contributed by atoms with Crippen LogP contribution >= 0.6 is 0 Å². The lowest BCUT2D eigenvalue weighted by molar-refractivity contribution is -0.130. The first-order valence-corrected chi connectivity index (χ1v) is 6.49. The van der Waals surface area contributed by atoms with Gasteiger partial charge < -0.3 is 4.74 Å². The Balaban J connectivity index is 2.00. The first-order valence-electron chi connectivity index (χ1n) is 6.49. The van der Waals surface area contributed by atoms with Crippen molar-refractivity contribution in [2.24, 2.45) is 5.92 Å². The topological polar surface area (TPSA) is 29.5 Å². The molecule has 2 aliphatic rings. The van der Waals surface area contributed by atoms with Crippen LogP contribution in [-0.2, 0) is 9.53 Å². The zero-order chi connectivity index (χ0) is 11.7. The largest absolute Gasteiger partial charge is 0.378 e. The number of likely N-dealkylation sites (tertiary alicyclic amines) is 1. The number of Topliss-reactive ketones (excluding diaryl/α,β-unsaturated/α-hetero) is 1. The number of carbonyl (C=O) groups is 1. The molecule has 4 atom stereocenters. The minimum atomic E-state index is 0.201. The summed E-state index contributed by atoms with van der Waals surface area (Å²) in [6.45, 7) is 8.23. The van der Waals surface area contributed by atoms with Crippen molar-refractivity contribution in [3.05, 3.63) is 0 Å². The molecule has 2 rings (SSSR count). The average molecular weight is 225 g/mol. The van der Waals surface area contributed by atoms with Gasteiger partial charge in [0.25, 0.3) is 0 Å². The molecule has 0 aromatic rings. The van der Waals surface area contributed by atoms with E-state index in [4.69, 9.17) is 4.74 Å². The summed E-state index contributed by atoms with van der Waals surface area (Å²) in [5.74, 6) is 0.635. The van der Waals surface area contributed by atoms with Gasteiger partial charge >= 0.3 is 0 Å². The monoisotopic (exact) mass is 225 g/mol. The van der Waals surface area contributed by atoms with Crippen molar-refractivity contribution in [2.75, 3.05) is 13.2 Å². The van der Waals surface area contributed by atoms with Crippen molar-refractivity contribution in [2.45, 2.75) is 58.2 Å². The highest BCUT2D eigenvalue weighted by Crippen LogP contribution is 2.27. The Bertz CT molecular complexity index is 267. The van der Waals surface area contributed by atoms with Crippen LogP contribution in [0.25, 0.3) is 0 Å². The van der Waals surface area contributed by atoms with Crippen LogP contribution < -0.4 is 0 Å². The van der Waals surface area contributed by atoms with Gasteiger partial charge in [0, 0.05) is 37.6 Å². The van der Waals surface area contributed by atoms with E-state index in [9.17, 15) is 4.79 Å². The predicted octanol–water partition coefficient (Wildman–Crippen LogP) is 1.85. The predicted molar refractivity (Wildman–Crippen MR) is 63.4 cm³/mol. The van der Waals surface area contributed by atoms with E-state index in [-0.39, 0.29) is 5.92 Å². The van der Waals surface area contributed by atoms with Crippen LogP contribution in [0.15, 0.2) is 0 Å². The minimum Gasteiger partial charge on any atom is -0.378 e. The quantitative estimate of drug-likeness (QED) is 0.682. The molecule has 2 saturated heterocycles. The summed E-state index contributed by atoms with van der Waals surface area (Å²) < 4.78 is 5.59. The maximum Gasteiger partial charge on any atom is 0.138 e. The fourth-order valence-corrected chi connectivity index (χ4v) is 3.02. The average Bonchev–Trinajstić information content (AvgIpc) is 2.26. The molecule has 4 unspecified atom stereocenters. The van der Waals surface area contributed by atoms with Gasteiger partial charge in [-0.2, -0.15) is 0 Å². The summed E-state index contributed by atoms with van der Waals surface area (Å²) in [5, 5.41) is 0. The molecule has 3 heteroatoms. The molecule has 0 aromatic carbocycles. The third kappa shape index (κ3) is 2.30. The number of ether oxygens (including phenoxy) is 1. The third-order valence-corrected chi connectivity index (χ3v) is 4.30. The van der Waals surface area contributed by atoms with Crippen LogP contribution in [0.1, 0.15) is 40.0 Å². The van der Waals surface area contributed by atoms with Crippen LogP contribution in [-0.4, -0.2) is 42.0 Å². The Hall–Kier alpha value is -0.410. The number of hydrogen-bond acceptors (Lipinski definition) is 3. The van der Waals surface area contributed by atoms with Crippen LogP contribution in [0.5, 0.6) is 0 Å². The van der Waals surface area contributed by atoms with E-state index in [1.54, 1.807) is 0 Å². The number of nitrogens with zero attached hydrogens (tertiary/aromatic N) is 1. The molecular weight excluding hydrogens is 202 g/mol. The van der Waals surface area contributed by atoms with Gasteiger partial charge in [0.2, 0.25) is 0 Å². The fraction of sp³-hybridized carbons (Fsp3) is 0.923. The second-order valence-electron chi connectivity index (χ2n) is 5.34. The van der Waals surface area contributed by atoms with Crippen molar-refractivity contribution in [3.63, 3.8) is 0 Å². The number of carbonyl (C=O) groups excluding carboxylic acids is 1. The molecule has 0 bridgehead atoms. The van der Waals surface area contributed by atoms with E-state index in [2.05, 4.69) is 25.7 Å². The molecule has 0 N–H and O–H groups in total. The lowest BCUT2D eigenvalue weighted by Gasteiger charge is -2.44. The maximum atomic E-state index is 11.6. The molecule has 92 valence electrons. The van der Waals surface area contributed by atoms with Crippen molar-refractivity contribution in [1.29, 1.82) is 0 Å². The van der Waals surface area contributed by atoms with Gasteiger partial charge in [0.15, 0.2) is 0 Å². The standard InChI is InChI=1S/C13H23NO2/c1-9-8-12(5-7-16-9)14-6-4-13(15)10(2)11(14)3/h9-12H,4-8H2,1-3H3. The van der Waals surface area contributed by atoms with Gasteiger partial charge in [0.05, 0.1) is 6.10 Å². The summed E-state index contributed by atoms with van der Waals surface area (Å²) in [6, 6.07) is 1.02. The van der Waals surface area contributed by atoms with Crippen molar-refractivity contribution >= 4 is 5.78 Å². The number of hydrogen-bond donors (Lipinski definition) is 0. The second-order valence-corrected chi connectivity index (χ2v) is 5.34. The maximum absolute atomic E-state index is 11.6. The second kappa shape index (κ2) is 4.84. The summed E-state index contributed by atoms with van der Waals surface area (Å²) in [7, 11) is 0. The third-order valence-electron chi connectivity index (χ3n) is 4.30. The molecule has 0 aromatic heterocycles. The highest BCUT2D eigenvalue weighted by atomic mass is 16.5. The first-order chi connectivity index (χ1) is 7.59. The number of ketones is 1. The highest BCUT2D eigenvalue weighted by molar-refractivity contribution is 5.82. The zero-order valence-corrected chi connectivity index (χ0v) is 10.6. The molecule has 16 heavy (non-hydrogen) atoms. The van der Waals surface area contributed by atoms with E-state index in [0.717, 1.165) is 32.4 Å². The van der Waals surface area contributed by atoms with E-state index >= 15 is 0 Å². The van der Waals surface area contributed by atoms with Crippen molar-refractivity contribution in [1.82, 2.24) is 4.90 Å². The first kappa shape index (κ1) is 12.1. The summed E-state index contributed by atoms with van der Waals surface area (Å²) in [6.07, 6.45) is 3.34. The molecule has 0 radical (unpaired) electrons. The van der Waals surface area contributed by atoms with Crippen molar-refractivity contribution in [3.8, 4) is 0 Å². The highest BCUT2D eigenvalue weighted by Gasteiger charge is 2.36. The molecule has 3 nitrogen and oxygen atoms in total. The SMILES string of the molecule is CC1CC(N2CCC(=O)C(C)C2C)CCO1. The van der Waals surface area contributed by atoms with E-state index in [1.165, 1.54) is 0 Å². The molecular formula is C13H23NO2. The lowest BCUT2D eigenvalue weighted by atomic mass is 9.87. The Morgan fingerprint density at radius 2 is 2.06 bits per heavy atom. The number of piperidine rings is 1. The Morgan fingerprint density at radius 1 is 1.31 bits per heavy atom. The summed E-state index contributed by atoms with van der Waals surface area (Å²) >= 11 is 0. The Labute approximate surface area is 98.1 Å². The van der Waals surface area contributed by atoms with Gasteiger partial charge in [-0.1, -0.05) is 6.92 Å². The van der Waals surface area contributed by atoms with Crippen LogP contribution in [0.4, 0.5) is 0 Å². The normalized spacial score (nSPS) is 42.3. The molecule has 2 heterocycles. The molecule has 2 aliphatic heterocycles. The summed E-state index contributed by atoms with van der Waals surface area (Å²) in [5.41, 5.74) is 0. The van der Waals surface area contributed by atoms with Crippen LogP contribution in [0.2, 0.25) is 0 Å². The van der Waals surface area contributed by atoms with E-state index in [0.29, 0.717) is 24.0 Å². The summed E-state index contributed by atoms with van der Waals surface area (Å²) in [4.78, 5) is 14.2. The minimum absolute atomic E-state index is 0.201. The van der Waals surface area contributed by atoms with Crippen LogP contribution in [0, 0.1) is 5.92 Å². The lowest BCUT2D eigenvalue weighted by Crippen LogP contribution is -2.53. The van der Waals surface area contributed by atoms with Gasteiger partial charge in [0.1, 0.15) is 5.78 Å². The van der Waals surface area contributed by atoms with Gasteiger partial charge in [-0.3, -0.25) is 9.69 Å². The molecule has 0 saturated carbocycles. The molecule has 2 fully saturated rings. The van der Waals surface area contributed by atoms with Gasteiger partial charge in [-0.05, 0) is 26.7 Å². The van der Waals surface area contributed by atoms with Crippen LogP contribution in [0.3, 0.4) is 0 Å². The molecule has 0 spiro atoms. The smallest absolute Gasteiger partial charge is 0.138 e. The Morgan fingerprint density at radius 3 is 2.75 bits per heavy atom. The van der Waals surface area contributed by atoms with Crippen molar-refractivity contribution < 1.29 is 9.53 Å². The van der Waals surface area contributed by atoms with Gasteiger partial charge in [-0.15, -0.1) is 0 Å².